The van der Waals surface area contributed by atoms with Gasteiger partial charge in [-0.1, -0.05) is 20.4 Å². The van der Waals surface area contributed by atoms with E-state index in [1.807, 2.05) is 6.92 Å². The molecule has 1 aliphatic carbocycles. The number of hydrogen-bond acceptors (Lipinski definition) is 3. The van der Waals surface area contributed by atoms with Gasteiger partial charge in [0.2, 0.25) is 5.78 Å². The minimum atomic E-state index is 0.0431. The van der Waals surface area contributed by atoms with Crippen molar-refractivity contribution in [3.05, 3.63) is 23.5 Å². The fraction of sp³-hybridized carbons (Fsp3) is 0.545. The zero-order valence-electron chi connectivity index (χ0n) is 9.11. The topological polar surface area (TPSA) is 41.1 Å². The van der Waals surface area contributed by atoms with Gasteiger partial charge in [-0.15, -0.1) is 0 Å². The SMILES string of the molecule is C=C1C(=O)C(NCC(C)C)=C1NCC. The molecule has 0 spiro atoms. The van der Waals surface area contributed by atoms with Crippen molar-refractivity contribution in [3.63, 3.8) is 0 Å². The van der Waals surface area contributed by atoms with Crippen LogP contribution in [0.2, 0.25) is 0 Å². The zero-order chi connectivity index (χ0) is 10.7. The van der Waals surface area contributed by atoms with E-state index in [1.54, 1.807) is 0 Å². The minimum Gasteiger partial charge on any atom is -0.383 e. The zero-order valence-corrected chi connectivity index (χ0v) is 9.11. The molecule has 0 heterocycles. The van der Waals surface area contributed by atoms with Gasteiger partial charge in [0.1, 0.15) is 5.70 Å². The molecule has 2 N–H and O–H groups in total. The summed E-state index contributed by atoms with van der Waals surface area (Å²) in [6, 6.07) is 0. The van der Waals surface area contributed by atoms with Crippen molar-refractivity contribution in [1.82, 2.24) is 10.6 Å². The normalized spacial score (nSPS) is 16.0. The molecule has 0 bridgehead atoms. The van der Waals surface area contributed by atoms with Gasteiger partial charge in [0.05, 0.1) is 5.70 Å². The lowest BCUT2D eigenvalue weighted by molar-refractivity contribution is -0.113. The summed E-state index contributed by atoms with van der Waals surface area (Å²) in [4.78, 5) is 11.4. The van der Waals surface area contributed by atoms with E-state index >= 15 is 0 Å². The molecule has 14 heavy (non-hydrogen) atoms. The van der Waals surface area contributed by atoms with Crippen molar-refractivity contribution < 1.29 is 4.79 Å². The number of likely N-dealkylation sites (N-methyl/N-ethyl adjacent to an activating group) is 1. The number of ketones is 1. The van der Waals surface area contributed by atoms with E-state index in [-0.39, 0.29) is 5.78 Å². The van der Waals surface area contributed by atoms with Gasteiger partial charge in [-0.25, -0.2) is 0 Å². The van der Waals surface area contributed by atoms with E-state index in [9.17, 15) is 4.79 Å². The maximum atomic E-state index is 11.4. The highest BCUT2D eigenvalue weighted by molar-refractivity contribution is 6.18. The fourth-order valence-electron chi connectivity index (χ4n) is 1.31. The first-order valence-electron chi connectivity index (χ1n) is 5.03. The van der Waals surface area contributed by atoms with Crippen molar-refractivity contribution in [2.45, 2.75) is 20.8 Å². The first-order chi connectivity index (χ1) is 6.57. The third-order valence-electron chi connectivity index (χ3n) is 2.09. The molecule has 0 atom stereocenters. The molecular weight excluding hydrogens is 176 g/mol. The highest BCUT2D eigenvalue weighted by Crippen LogP contribution is 2.24. The Balaban J connectivity index is 2.64. The van der Waals surface area contributed by atoms with E-state index < -0.39 is 0 Å². The molecule has 3 nitrogen and oxygen atoms in total. The lowest BCUT2D eigenvalue weighted by Gasteiger charge is -2.26. The van der Waals surface area contributed by atoms with Gasteiger partial charge >= 0.3 is 0 Å². The van der Waals surface area contributed by atoms with Gasteiger partial charge in [0.25, 0.3) is 0 Å². The number of carbonyl (C=O) groups is 1. The van der Waals surface area contributed by atoms with Gasteiger partial charge in [-0.2, -0.15) is 0 Å². The Bertz CT molecular complexity index is 290. The summed E-state index contributed by atoms with van der Waals surface area (Å²) in [5.74, 6) is 0.577. The van der Waals surface area contributed by atoms with Crippen LogP contribution in [-0.2, 0) is 4.79 Å². The lowest BCUT2D eigenvalue weighted by Crippen LogP contribution is -2.39. The van der Waals surface area contributed by atoms with Crippen molar-refractivity contribution in [3.8, 4) is 0 Å². The van der Waals surface area contributed by atoms with E-state index in [0.717, 1.165) is 18.8 Å². The van der Waals surface area contributed by atoms with E-state index in [2.05, 4.69) is 31.1 Å². The second-order valence-corrected chi connectivity index (χ2v) is 3.86. The second-order valence-electron chi connectivity index (χ2n) is 3.86. The van der Waals surface area contributed by atoms with Crippen molar-refractivity contribution in [2.75, 3.05) is 13.1 Å². The molecular formula is C11H18N2O. The van der Waals surface area contributed by atoms with E-state index in [1.165, 1.54) is 0 Å². The fourth-order valence-corrected chi connectivity index (χ4v) is 1.31. The Hall–Kier alpha value is -1.25. The number of Topliss-reactive ketones (excluding diaryl/α,β-unsaturated/α-hetero) is 1. The highest BCUT2D eigenvalue weighted by atomic mass is 16.1. The molecule has 0 aromatic heterocycles. The Kier molecular flexibility index (Phi) is 3.33. The Morgan fingerprint density at radius 1 is 1.29 bits per heavy atom. The number of hydrogen-bond donors (Lipinski definition) is 2. The lowest BCUT2D eigenvalue weighted by atomic mass is 9.92. The largest absolute Gasteiger partial charge is 0.383 e. The predicted molar refractivity (Wildman–Crippen MR) is 57.7 cm³/mol. The first kappa shape index (κ1) is 10.8. The van der Waals surface area contributed by atoms with Gasteiger partial charge in [-0.3, -0.25) is 4.79 Å². The molecule has 0 unspecified atom stereocenters. The predicted octanol–water partition coefficient (Wildman–Crippen LogP) is 1.19. The summed E-state index contributed by atoms with van der Waals surface area (Å²) in [5.41, 5.74) is 2.18. The summed E-state index contributed by atoms with van der Waals surface area (Å²) in [5, 5.41) is 6.27. The molecule has 0 radical (unpaired) electrons. The standard InChI is InChI=1S/C11H18N2O/c1-5-12-9-8(4)11(14)10(9)13-6-7(2)3/h7,12-13H,4-6H2,1-3H3. The maximum absolute atomic E-state index is 11.4. The van der Waals surface area contributed by atoms with Gasteiger partial charge in [0, 0.05) is 18.7 Å². The molecule has 0 aliphatic heterocycles. The van der Waals surface area contributed by atoms with Crippen LogP contribution in [0.15, 0.2) is 23.5 Å². The van der Waals surface area contributed by atoms with Crippen LogP contribution in [0.5, 0.6) is 0 Å². The monoisotopic (exact) mass is 194 g/mol. The number of allylic oxidation sites excluding steroid dienone is 2. The third-order valence-corrected chi connectivity index (χ3v) is 2.09. The summed E-state index contributed by atoms with van der Waals surface area (Å²) < 4.78 is 0. The minimum absolute atomic E-state index is 0.0431. The summed E-state index contributed by atoms with van der Waals surface area (Å²) >= 11 is 0. The molecule has 0 amide bonds. The molecule has 1 aliphatic rings. The molecule has 0 aromatic rings. The Labute approximate surface area is 85.3 Å². The molecule has 1 rings (SSSR count). The second kappa shape index (κ2) is 4.31. The van der Waals surface area contributed by atoms with Gasteiger partial charge in [-0.05, 0) is 12.8 Å². The highest BCUT2D eigenvalue weighted by Gasteiger charge is 2.31. The third kappa shape index (κ3) is 1.97. The van der Waals surface area contributed by atoms with E-state index in [0.29, 0.717) is 17.2 Å². The van der Waals surface area contributed by atoms with Crippen LogP contribution in [0.3, 0.4) is 0 Å². The number of carbonyl (C=O) groups excluding carboxylic acids is 1. The van der Waals surface area contributed by atoms with Gasteiger partial charge in [0.15, 0.2) is 0 Å². The maximum Gasteiger partial charge on any atom is 0.212 e. The average molecular weight is 194 g/mol. The van der Waals surface area contributed by atoms with Crippen LogP contribution in [0.4, 0.5) is 0 Å². The van der Waals surface area contributed by atoms with Crippen LogP contribution < -0.4 is 10.6 Å². The van der Waals surface area contributed by atoms with Crippen molar-refractivity contribution in [2.24, 2.45) is 5.92 Å². The van der Waals surface area contributed by atoms with Crippen LogP contribution in [0, 0.1) is 5.92 Å². The van der Waals surface area contributed by atoms with Crippen LogP contribution in [-0.4, -0.2) is 18.9 Å². The van der Waals surface area contributed by atoms with Crippen LogP contribution >= 0.6 is 0 Å². The number of nitrogens with one attached hydrogen (secondary N) is 2. The summed E-state index contributed by atoms with van der Waals surface area (Å²) in [6.07, 6.45) is 0. The van der Waals surface area contributed by atoms with Gasteiger partial charge < -0.3 is 10.6 Å². The Morgan fingerprint density at radius 2 is 1.93 bits per heavy atom. The van der Waals surface area contributed by atoms with E-state index in [4.69, 9.17) is 0 Å². The average Bonchev–Trinajstić information content (AvgIpc) is 2.15. The molecule has 0 fully saturated rings. The molecule has 0 aromatic carbocycles. The summed E-state index contributed by atoms with van der Waals surface area (Å²) in [6.45, 7) is 11.6. The van der Waals surface area contributed by atoms with Crippen molar-refractivity contribution >= 4 is 5.78 Å². The molecule has 0 saturated carbocycles. The first-order valence-corrected chi connectivity index (χ1v) is 5.03. The number of rotatable bonds is 5. The Morgan fingerprint density at radius 3 is 2.43 bits per heavy atom. The van der Waals surface area contributed by atoms with Crippen LogP contribution in [0.1, 0.15) is 20.8 Å². The summed E-state index contributed by atoms with van der Waals surface area (Å²) in [7, 11) is 0. The molecule has 3 heteroatoms. The van der Waals surface area contributed by atoms with Crippen molar-refractivity contribution in [1.29, 1.82) is 0 Å². The molecule has 78 valence electrons. The molecule has 0 saturated heterocycles. The van der Waals surface area contributed by atoms with Crippen LogP contribution in [0.25, 0.3) is 0 Å². The smallest absolute Gasteiger partial charge is 0.212 e. The quantitative estimate of drug-likeness (QED) is 0.646.